The Bertz CT molecular complexity index is 1560. The van der Waals surface area contributed by atoms with E-state index in [2.05, 4.69) is 30.2 Å². The molecule has 4 aromatic rings. The molecule has 0 radical (unpaired) electrons. The smallest absolute Gasteiger partial charge is 0.326 e. The number of aromatic amines is 1. The molecule has 4 rings (SSSR count). The first-order chi connectivity index (χ1) is 16.7. The van der Waals surface area contributed by atoms with Crippen molar-refractivity contribution >= 4 is 57.8 Å². The van der Waals surface area contributed by atoms with Gasteiger partial charge in [0.1, 0.15) is 17.3 Å². The van der Waals surface area contributed by atoms with E-state index in [1.807, 2.05) is 0 Å². The number of benzene rings is 1. The Hall–Kier alpha value is -5.14. The minimum atomic E-state index is -1.38. The number of nitrogen functional groups attached to an aromatic ring is 1. The van der Waals surface area contributed by atoms with Crippen molar-refractivity contribution in [3.63, 3.8) is 0 Å². The zero-order chi connectivity index (χ0) is 25.1. The number of aliphatic carboxylic acids is 2. The number of rotatable bonds is 8. The molecule has 0 spiro atoms. The maximum atomic E-state index is 12.4. The molecule has 35 heavy (non-hydrogen) atoms. The average molecular weight is 479 g/mol. The SMILES string of the molecule is Nc1nc2ncc(C=Nc3ccc4cc(C(=O)NC(CCC(=O)O)C(=O)O)oc4c3)nc2c(=O)[nH]1. The summed E-state index contributed by atoms with van der Waals surface area (Å²) in [6.45, 7) is 0. The van der Waals surface area contributed by atoms with Crippen LogP contribution in [0.4, 0.5) is 11.6 Å². The highest BCUT2D eigenvalue weighted by Gasteiger charge is 2.23. The van der Waals surface area contributed by atoms with Crippen LogP contribution in [0.5, 0.6) is 0 Å². The van der Waals surface area contributed by atoms with Crippen LogP contribution in [0.3, 0.4) is 0 Å². The molecular formula is C21H17N7O7. The van der Waals surface area contributed by atoms with E-state index in [1.165, 1.54) is 18.5 Å². The number of amides is 1. The van der Waals surface area contributed by atoms with Crippen LogP contribution in [0.25, 0.3) is 22.1 Å². The van der Waals surface area contributed by atoms with Gasteiger partial charge >= 0.3 is 11.9 Å². The van der Waals surface area contributed by atoms with Gasteiger partial charge in [0, 0.05) is 17.9 Å². The summed E-state index contributed by atoms with van der Waals surface area (Å²) in [6.07, 6.45) is 2.05. The first kappa shape index (κ1) is 23.0. The van der Waals surface area contributed by atoms with Crippen molar-refractivity contribution in [2.24, 2.45) is 4.99 Å². The van der Waals surface area contributed by atoms with Crippen LogP contribution in [0.1, 0.15) is 29.1 Å². The standard InChI is InChI=1S/C21H17N7O7/c22-21-27-17-16(19(32)28-21)25-11(8-24-17)7-23-10-2-1-9-5-14(35-13(9)6-10)18(31)26-12(20(33)34)3-4-15(29)30/h1-2,5-8,12H,3-4H2,(H,26,31)(H,29,30)(H,33,34)(H3,22,24,27,28,32). The van der Waals surface area contributed by atoms with E-state index >= 15 is 0 Å². The fraction of sp³-hybridized carbons (Fsp3) is 0.143. The van der Waals surface area contributed by atoms with Crippen LogP contribution >= 0.6 is 0 Å². The lowest BCUT2D eigenvalue weighted by molar-refractivity contribution is -0.140. The van der Waals surface area contributed by atoms with Gasteiger partial charge < -0.3 is 25.7 Å². The molecule has 3 heterocycles. The maximum Gasteiger partial charge on any atom is 0.326 e. The topological polar surface area (TPSA) is 227 Å². The van der Waals surface area contributed by atoms with E-state index in [0.717, 1.165) is 0 Å². The third-order valence-corrected chi connectivity index (χ3v) is 4.78. The molecule has 0 aliphatic rings. The van der Waals surface area contributed by atoms with Crippen molar-refractivity contribution in [3.8, 4) is 0 Å². The van der Waals surface area contributed by atoms with E-state index in [1.54, 1.807) is 18.2 Å². The number of carboxylic acids is 2. The summed E-state index contributed by atoms with van der Waals surface area (Å²) in [6, 6.07) is 4.88. The monoisotopic (exact) mass is 479 g/mol. The van der Waals surface area contributed by atoms with Crippen LogP contribution in [0, 0.1) is 0 Å². The number of H-pyrrole nitrogens is 1. The van der Waals surface area contributed by atoms with Gasteiger partial charge in [-0.1, -0.05) is 0 Å². The Balaban J connectivity index is 1.52. The molecule has 1 atom stereocenters. The number of hydrogen-bond donors (Lipinski definition) is 5. The molecule has 178 valence electrons. The van der Waals surface area contributed by atoms with Crippen LogP contribution in [-0.4, -0.2) is 60.3 Å². The summed E-state index contributed by atoms with van der Waals surface area (Å²) in [5.74, 6) is -3.55. The van der Waals surface area contributed by atoms with E-state index in [9.17, 15) is 24.3 Å². The second-order valence-corrected chi connectivity index (χ2v) is 7.31. The Kier molecular flexibility index (Phi) is 6.17. The average Bonchev–Trinajstić information content (AvgIpc) is 3.23. The molecule has 3 aromatic heterocycles. The Labute approximate surface area is 194 Å². The molecule has 0 saturated carbocycles. The van der Waals surface area contributed by atoms with Gasteiger partial charge in [-0.05, 0) is 24.6 Å². The molecule has 0 aliphatic heterocycles. The number of nitrogens with two attached hydrogens (primary N) is 1. The number of hydrogen-bond acceptors (Lipinski definition) is 10. The number of carboxylic acid groups (broad SMARTS) is 2. The molecule has 14 nitrogen and oxygen atoms in total. The number of anilines is 1. The highest BCUT2D eigenvalue weighted by molar-refractivity contribution is 5.98. The summed E-state index contributed by atoms with van der Waals surface area (Å²) in [7, 11) is 0. The van der Waals surface area contributed by atoms with Crippen molar-refractivity contribution in [1.82, 2.24) is 25.3 Å². The molecule has 14 heteroatoms. The van der Waals surface area contributed by atoms with Crippen molar-refractivity contribution in [1.29, 1.82) is 0 Å². The second kappa shape index (κ2) is 9.38. The number of carbonyl (C=O) groups is 3. The molecule has 1 aromatic carbocycles. The zero-order valence-electron chi connectivity index (χ0n) is 17.8. The molecular weight excluding hydrogens is 462 g/mol. The van der Waals surface area contributed by atoms with Gasteiger partial charge in [0.15, 0.2) is 16.9 Å². The van der Waals surface area contributed by atoms with Gasteiger partial charge in [0.2, 0.25) is 5.95 Å². The molecule has 1 amide bonds. The number of aliphatic imine (C=N–C) groups is 1. The minimum absolute atomic E-state index is 0.00307. The predicted molar refractivity (Wildman–Crippen MR) is 122 cm³/mol. The normalized spacial score (nSPS) is 12.2. The Morgan fingerprint density at radius 2 is 2.03 bits per heavy atom. The Morgan fingerprint density at radius 1 is 1.23 bits per heavy atom. The van der Waals surface area contributed by atoms with Crippen molar-refractivity contribution in [2.75, 3.05) is 5.73 Å². The fourth-order valence-electron chi connectivity index (χ4n) is 3.12. The molecule has 0 aliphatic carbocycles. The lowest BCUT2D eigenvalue weighted by Crippen LogP contribution is -2.40. The van der Waals surface area contributed by atoms with Crippen LogP contribution in [0.2, 0.25) is 0 Å². The summed E-state index contributed by atoms with van der Waals surface area (Å²) in [4.78, 5) is 65.1. The highest BCUT2D eigenvalue weighted by atomic mass is 16.4. The predicted octanol–water partition coefficient (Wildman–Crippen LogP) is 0.840. The first-order valence-electron chi connectivity index (χ1n) is 10.1. The van der Waals surface area contributed by atoms with Gasteiger partial charge in [-0.25, -0.2) is 14.8 Å². The summed E-state index contributed by atoms with van der Waals surface area (Å²) >= 11 is 0. The summed E-state index contributed by atoms with van der Waals surface area (Å²) in [5.41, 5.74) is 6.08. The quantitative estimate of drug-likeness (QED) is 0.222. The number of fused-ring (bicyclic) bond motifs is 2. The zero-order valence-corrected chi connectivity index (χ0v) is 17.8. The van der Waals surface area contributed by atoms with Gasteiger partial charge in [-0.3, -0.25) is 24.4 Å². The number of nitrogens with one attached hydrogen (secondary N) is 2. The van der Waals surface area contributed by atoms with Crippen LogP contribution in [0.15, 0.2) is 44.7 Å². The van der Waals surface area contributed by atoms with Gasteiger partial charge in [0.05, 0.1) is 18.1 Å². The van der Waals surface area contributed by atoms with Gasteiger partial charge in [-0.15, -0.1) is 0 Å². The lowest BCUT2D eigenvalue weighted by atomic mass is 10.1. The van der Waals surface area contributed by atoms with Gasteiger partial charge in [0.25, 0.3) is 11.5 Å². The Morgan fingerprint density at radius 3 is 2.77 bits per heavy atom. The molecule has 6 N–H and O–H groups in total. The molecule has 0 bridgehead atoms. The van der Waals surface area contributed by atoms with E-state index in [4.69, 9.17) is 15.3 Å². The summed E-state index contributed by atoms with van der Waals surface area (Å²) < 4.78 is 5.52. The number of carbonyl (C=O) groups excluding carboxylic acids is 1. The van der Waals surface area contributed by atoms with Gasteiger partial charge in [-0.2, -0.15) is 4.98 Å². The largest absolute Gasteiger partial charge is 0.481 e. The van der Waals surface area contributed by atoms with E-state index in [-0.39, 0.29) is 35.0 Å². The maximum absolute atomic E-state index is 12.4. The van der Waals surface area contributed by atoms with Crippen molar-refractivity contribution in [2.45, 2.75) is 18.9 Å². The van der Waals surface area contributed by atoms with Crippen LogP contribution in [-0.2, 0) is 9.59 Å². The number of nitrogens with zero attached hydrogens (tertiary/aromatic N) is 4. The third-order valence-electron chi connectivity index (χ3n) is 4.78. The molecule has 0 fully saturated rings. The van der Waals surface area contributed by atoms with Crippen molar-refractivity contribution in [3.05, 3.63) is 52.3 Å². The number of furan rings is 1. The third kappa shape index (κ3) is 5.27. The summed E-state index contributed by atoms with van der Waals surface area (Å²) in [5, 5.41) is 20.8. The van der Waals surface area contributed by atoms with E-state index in [0.29, 0.717) is 16.7 Å². The molecule has 0 saturated heterocycles. The second-order valence-electron chi connectivity index (χ2n) is 7.31. The number of aromatic nitrogens is 4. The fourth-order valence-corrected chi connectivity index (χ4v) is 3.12. The minimum Gasteiger partial charge on any atom is -0.481 e. The van der Waals surface area contributed by atoms with Crippen LogP contribution < -0.4 is 16.6 Å². The van der Waals surface area contributed by atoms with E-state index < -0.39 is 35.9 Å². The van der Waals surface area contributed by atoms with Crippen molar-refractivity contribution < 1.29 is 29.0 Å². The first-order valence-corrected chi connectivity index (χ1v) is 10.1. The lowest BCUT2D eigenvalue weighted by Gasteiger charge is -2.12. The highest BCUT2D eigenvalue weighted by Crippen LogP contribution is 2.25. The molecule has 1 unspecified atom stereocenters.